The van der Waals surface area contributed by atoms with Crippen molar-refractivity contribution in [2.75, 3.05) is 5.32 Å². The van der Waals surface area contributed by atoms with Gasteiger partial charge in [-0.05, 0) is 109 Å². The molecule has 42 heavy (non-hydrogen) atoms. The molecular weight excluding hydrogens is 506 g/mol. The summed E-state index contributed by atoms with van der Waals surface area (Å²) in [5, 5.41) is 6.33. The Morgan fingerprint density at radius 3 is 1.98 bits per heavy atom. The molecule has 0 atom stereocenters. The summed E-state index contributed by atoms with van der Waals surface area (Å²) in [5.41, 5.74) is 17.2. The summed E-state index contributed by atoms with van der Waals surface area (Å²) in [6.45, 7) is 11.7. The second kappa shape index (κ2) is 8.69. The molecule has 6 aromatic rings. The van der Waals surface area contributed by atoms with Crippen LogP contribution in [0.15, 0.2) is 115 Å². The molecule has 204 valence electrons. The highest BCUT2D eigenvalue weighted by Crippen LogP contribution is 2.53. The average Bonchev–Trinajstić information content (AvgIpc) is 3.36. The molecule has 0 amide bonds. The number of fused-ring (bicyclic) bond motifs is 8. The van der Waals surface area contributed by atoms with Gasteiger partial charge in [-0.25, -0.2) is 0 Å². The molecule has 0 fully saturated rings. The van der Waals surface area contributed by atoms with E-state index in [1.165, 1.54) is 72.0 Å². The first-order valence-electron chi connectivity index (χ1n) is 15.0. The molecule has 1 N–H and O–H groups in total. The number of hydrogen-bond acceptors (Lipinski definition) is 1. The highest BCUT2D eigenvalue weighted by Gasteiger charge is 2.37. The van der Waals surface area contributed by atoms with Crippen molar-refractivity contribution in [3.8, 4) is 33.4 Å². The Labute approximate surface area is 248 Å². The van der Waals surface area contributed by atoms with E-state index < -0.39 is 0 Å². The van der Waals surface area contributed by atoms with Crippen molar-refractivity contribution in [1.82, 2.24) is 0 Å². The van der Waals surface area contributed by atoms with Crippen molar-refractivity contribution in [3.05, 3.63) is 143 Å². The van der Waals surface area contributed by atoms with Gasteiger partial charge in [0.15, 0.2) is 0 Å². The van der Waals surface area contributed by atoms with Gasteiger partial charge in [-0.15, -0.1) is 0 Å². The quantitative estimate of drug-likeness (QED) is 0.235. The zero-order chi connectivity index (χ0) is 28.8. The molecule has 6 aromatic carbocycles. The Hall–Kier alpha value is -4.62. The highest BCUT2D eigenvalue weighted by atomic mass is 14.9. The van der Waals surface area contributed by atoms with Crippen LogP contribution in [0.2, 0.25) is 0 Å². The number of hydrogen-bond donors (Lipinski definition) is 1. The Bertz CT molecular complexity index is 2060. The van der Waals surface area contributed by atoms with Crippen LogP contribution in [0.5, 0.6) is 0 Å². The lowest BCUT2D eigenvalue weighted by Crippen LogP contribution is -2.15. The summed E-state index contributed by atoms with van der Waals surface area (Å²) in [4.78, 5) is 0. The smallest absolute Gasteiger partial charge is 0.0387 e. The summed E-state index contributed by atoms with van der Waals surface area (Å²) < 4.78 is 0. The molecule has 0 spiro atoms. The minimum absolute atomic E-state index is 0.00169. The first kappa shape index (κ1) is 25.1. The molecule has 0 bridgehead atoms. The lowest BCUT2D eigenvalue weighted by Gasteiger charge is -2.23. The van der Waals surface area contributed by atoms with E-state index in [0.29, 0.717) is 0 Å². The van der Waals surface area contributed by atoms with Crippen LogP contribution in [-0.4, -0.2) is 0 Å². The van der Waals surface area contributed by atoms with Crippen molar-refractivity contribution in [2.45, 2.75) is 45.4 Å². The van der Waals surface area contributed by atoms with Gasteiger partial charge in [-0.1, -0.05) is 113 Å². The minimum atomic E-state index is -0.0420. The topological polar surface area (TPSA) is 12.0 Å². The van der Waals surface area contributed by atoms with Gasteiger partial charge in [0.25, 0.3) is 0 Å². The van der Waals surface area contributed by atoms with Crippen molar-refractivity contribution < 1.29 is 0 Å². The van der Waals surface area contributed by atoms with E-state index in [-0.39, 0.29) is 10.8 Å². The van der Waals surface area contributed by atoms with Crippen LogP contribution in [0.3, 0.4) is 0 Å². The number of rotatable bonds is 3. The Balaban J connectivity index is 1.12. The lowest BCUT2D eigenvalue weighted by atomic mass is 9.81. The van der Waals surface area contributed by atoms with Crippen LogP contribution < -0.4 is 5.32 Å². The first-order valence-corrected chi connectivity index (χ1v) is 15.0. The molecule has 1 heteroatoms. The van der Waals surface area contributed by atoms with Gasteiger partial charge in [0.2, 0.25) is 0 Å². The van der Waals surface area contributed by atoms with Crippen molar-refractivity contribution >= 4 is 22.1 Å². The first-order chi connectivity index (χ1) is 20.2. The third-order valence-electron chi connectivity index (χ3n) is 9.98. The molecular formula is C41H35N. The number of nitrogens with one attached hydrogen (secondary N) is 1. The monoisotopic (exact) mass is 541 g/mol. The summed E-state index contributed by atoms with van der Waals surface area (Å²) >= 11 is 0. The number of anilines is 2. The lowest BCUT2D eigenvalue weighted by molar-refractivity contribution is 0.660. The zero-order valence-corrected chi connectivity index (χ0v) is 25.0. The maximum absolute atomic E-state index is 3.68. The molecule has 0 unspecified atom stereocenters. The molecule has 2 aliphatic carbocycles. The van der Waals surface area contributed by atoms with E-state index >= 15 is 0 Å². The standard InChI is InChI=1S/C41H35N/c1-25-22-34-38(41(4,5)36-21-16-26-10-6-7-11-30(26)39(34)36)24-33(25)27-14-17-28(18-15-27)42-29-19-20-32-31-12-8-9-13-35(31)40(2,3)37(32)23-29/h6-24,42H,1-5H3. The summed E-state index contributed by atoms with van der Waals surface area (Å²) in [6.07, 6.45) is 0. The fraction of sp³-hybridized carbons (Fsp3) is 0.171. The van der Waals surface area contributed by atoms with Gasteiger partial charge in [0.05, 0.1) is 0 Å². The molecule has 0 aliphatic heterocycles. The Kier molecular flexibility index (Phi) is 5.20. The van der Waals surface area contributed by atoms with Gasteiger partial charge in [0, 0.05) is 22.2 Å². The summed E-state index contributed by atoms with van der Waals surface area (Å²) in [5.74, 6) is 0. The second-order valence-corrected chi connectivity index (χ2v) is 13.2. The zero-order valence-electron chi connectivity index (χ0n) is 25.0. The predicted molar refractivity (Wildman–Crippen MR) is 179 cm³/mol. The third-order valence-corrected chi connectivity index (χ3v) is 9.98. The fourth-order valence-corrected chi connectivity index (χ4v) is 7.65. The molecule has 0 aromatic heterocycles. The van der Waals surface area contributed by atoms with Gasteiger partial charge in [-0.3, -0.25) is 0 Å². The van der Waals surface area contributed by atoms with Crippen LogP contribution in [0.4, 0.5) is 11.4 Å². The van der Waals surface area contributed by atoms with Crippen LogP contribution in [0.1, 0.15) is 55.5 Å². The van der Waals surface area contributed by atoms with Crippen LogP contribution >= 0.6 is 0 Å². The Morgan fingerprint density at radius 2 is 1.14 bits per heavy atom. The maximum Gasteiger partial charge on any atom is 0.0387 e. The van der Waals surface area contributed by atoms with E-state index in [2.05, 4.69) is 155 Å². The molecule has 0 radical (unpaired) electrons. The molecule has 1 nitrogen and oxygen atoms in total. The third kappa shape index (κ3) is 3.50. The van der Waals surface area contributed by atoms with Crippen molar-refractivity contribution in [2.24, 2.45) is 0 Å². The van der Waals surface area contributed by atoms with Gasteiger partial charge < -0.3 is 5.32 Å². The molecule has 0 saturated carbocycles. The normalized spacial score (nSPS) is 15.2. The fourth-order valence-electron chi connectivity index (χ4n) is 7.65. The van der Waals surface area contributed by atoms with E-state index in [4.69, 9.17) is 0 Å². The average molecular weight is 542 g/mol. The van der Waals surface area contributed by atoms with E-state index in [1.807, 2.05) is 0 Å². The Morgan fingerprint density at radius 1 is 0.476 bits per heavy atom. The molecule has 0 heterocycles. The van der Waals surface area contributed by atoms with Gasteiger partial charge in [-0.2, -0.15) is 0 Å². The predicted octanol–water partition coefficient (Wildman–Crippen LogP) is 11.2. The SMILES string of the molecule is Cc1cc2c(cc1-c1ccc(Nc3ccc4c(c3)C(C)(C)c3ccccc3-4)cc1)C(C)(C)c1ccc3ccccc3c1-2. The van der Waals surface area contributed by atoms with E-state index in [1.54, 1.807) is 0 Å². The largest absolute Gasteiger partial charge is 0.356 e. The van der Waals surface area contributed by atoms with Gasteiger partial charge in [0.1, 0.15) is 0 Å². The molecule has 2 aliphatic rings. The summed E-state index contributed by atoms with van der Waals surface area (Å²) in [6, 6.07) is 42.8. The number of aryl methyl sites for hydroxylation is 1. The van der Waals surface area contributed by atoms with E-state index in [0.717, 1.165) is 11.4 Å². The minimum Gasteiger partial charge on any atom is -0.356 e. The van der Waals surface area contributed by atoms with Crippen molar-refractivity contribution in [1.29, 1.82) is 0 Å². The van der Waals surface area contributed by atoms with Crippen LogP contribution in [0.25, 0.3) is 44.2 Å². The number of benzene rings is 6. The van der Waals surface area contributed by atoms with Crippen LogP contribution in [0, 0.1) is 6.92 Å². The summed E-state index contributed by atoms with van der Waals surface area (Å²) in [7, 11) is 0. The second-order valence-electron chi connectivity index (χ2n) is 13.2. The van der Waals surface area contributed by atoms with Crippen LogP contribution in [-0.2, 0) is 10.8 Å². The van der Waals surface area contributed by atoms with E-state index in [9.17, 15) is 0 Å². The maximum atomic E-state index is 3.68. The highest BCUT2D eigenvalue weighted by molar-refractivity contribution is 6.03. The molecule has 0 saturated heterocycles. The van der Waals surface area contributed by atoms with Gasteiger partial charge >= 0.3 is 0 Å². The molecule has 8 rings (SSSR count). The van der Waals surface area contributed by atoms with Crippen molar-refractivity contribution in [3.63, 3.8) is 0 Å².